The molecule has 4 heterocycles. The predicted molar refractivity (Wildman–Crippen MR) is 145 cm³/mol. The first-order valence-electron chi connectivity index (χ1n) is 12.9. The maximum absolute atomic E-state index is 12.1. The number of ether oxygens (including phenoxy) is 1. The number of cyclic esters (lactones) is 1. The van der Waals surface area contributed by atoms with Gasteiger partial charge in [-0.15, -0.1) is 0 Å². The minimum atomic E-state index is -0.360. The molecule has 7 rings (SSSR count). The molecule has 38 heavy (non-hydrogen) atoms. The van der Waals surface area contributed by atoms with Crippen molar-refractivity contribution in [3.63, 3.8) is 0 Å². The van der Waals surface area contributed by atoms with E-state index in [4.69, 9.17) is 4.74 Å². The Morgan fingerprint density at radius 3 is 2.74 bits per heavy atom. The highest BCUT2D eigenvalue weighted by Crippen LogP contribution is 2.40. The van der Waals surface area contributed by atoms with Crippen LogP contribution in [0.4, 0.5) is 10.5 Å². The lowest BCUT2D eigenvalue weighted by molar-refractivity contribution is 0.0355. The topological polar surface area (TPSA) is 110 Å². The van der Waals surface area contributed by atoms with Gasteiger partial charge in [-0.2, -0.15) is 10.4 Å². The Morgan fingerprint density at radius 2 is 1.87 bits per heavy atom. The number of anilines is 1. The molecule has 1 unspecified atom stereocenters. The summed E-state index contributed by atoms with van der Waals surface area (Å²) in [6, 6.07) is 24.3. The molecule has 0 spiro atoms. The van der Waals surface area contributed by atoms with E-state index in [0.29, 0.717) is 11.5 Å². The van der Waals surface area contributed by atoms with Crippen molar-refractivity contribution in [1.82, 2.24) is 20.1 Å². The highest BCUT2D eigenvalue weighted by Gasteiger charge is 2.35. The molecule has 8 heteroatoms. The van der Waals surface area contributed by atoms with Crippen LogP contribution in [0.5, 0.6) is 0 Å². The standard InChI is InChI=1S/C30H26N6O2/c31-16-18-8-9-21-26(14-18)34-35-28(21)27-15-23-20(4-3-7-25(23)32-27)17-36-12-10-19(11-13-36)29-22-5-1-2-6-24(22)33-30(37)38-29/h1-9,14-15,19,29,32H,10-13,17H2,(H,33,37)(H,34,35). The summed E-state index contributed by atoms with van der Waals surface area (Å²) in [5.41, 5.74) is 7.55. The number of fused-ring (bicyclic) bond motifs is 3. The molecule has 0 aliphatic carbocycles. The third-order valence-electron chi connectivity index (χ3n) is 7.89. The number of nitrogens with one attached hydrogen (secondary N) is 3. The lowest BCUT2D eigenvalue weighted by Gasteiger charge is -2.38. The zero-order valence-corrected chi connectivity index (χ0v) is 20.7. The van der Waals surface area contributed by atoms with Crippen LogP contribution in [0, 0.1) is 17.2 Å². The molecule has 0 radical (unpaired) electrons. The maximum Gasteiger partial charge on any atom is 0.412 e. The number of carbonyl (C=O) groups excluding carboxylic acids is 1. The fourth-order valence-corrected chi connectivity index (χ4v) is 5.96. The number of aromatic amines is 2. The molecule has 1 amide bonds. The van der Waals surface area contributed by atoms with Crippen LogP contribution < -0.4 is 5.32 Å². The molecular weight excluding hydrogens is 476 g/mol. The van der Waals surface area contributed by atoms with Crippen molar-refractivity contribution < 1.29 is 9.53 Å². The van der Waals surface area contributed by atoms with Crippen molar-refractivity contribution in [1.29, 1.82) is 5.26 Å². The van der Waals surface area contributed by atoms with Gasteiger partial charge in [-0.1, -0.05) is 30.3 Å². The Labute approximate surface area is 219 Å². The second kappa shape index (κ2) is 9.05. The van der Waals surface area contributed by atoms with E-state index < -0.39 is 0 Å². The number of H-pyrrole nitrogens is 2. The van der Waals surface area contributed by atoms with E-state index in [1.807, 2.05) is 36.4 Å². The number of hydrogen-bond donors (Lipinski definition) is 3. The molecule has 3 N–H and O–H groups in total. The van der Waals surface area contributed by atoms with Gasteiger partial charge in [-0.25, -0.2) is 4.79 Å². The van der Waals surface area contributed by atoms with Crippen molar-refractivity contribution in [2.45, 2.75) is 25.5 Å². The number of amides is 1. The molecule has 2 aromatic heterocycles. The minimum absolute atomic E-state index is 0.189. The normalized spacial score (nSPS) is 18.2. The summed E-state index contributed by atoms with van der Waals surface area (Å²) >= 11 is 0. The summed E-state index contributed by atoms with van der Waals surface area (Å²) in [5.74, 6) is 0.308. The van der Waals surface area contributed by atoms with Crippen LogP contribution in [0.2, 0.25) is 0 Å². The Kier molecular flexibility index (Phi) is 5.38. The highest BCUT2D eigenvalue weighted by molar-refractivity contribution is 5.96. The molecule has 5 aromatic rings. The molecule has 0 bridgehead atoms. The molecule has 8 nitrogen and oxygen atoms in total. The van der Waals surface area contributed by atoms with Crippen molar-refractivity contribution in [3.05, 3.63) is 83.4 Å². The molecule has 2 aliphatic heterocycles. The van der Waals surface area contributed by atoms with Gasteiger partial charge in [-0.3, -0.25) is 15.3 Å². The van der Waals surface area contributed by atoms with Gasteiger partial charge >= 0.3 is 6.09 Å². The lowest BCUT2D eigenvalue weighted by atomic mass is 9.86. The largest absolute Gasteiger partial charge is 0.441 e. The van der Waals surface area contributed by atoms with Gasteiger partial charge in [0.2, 0.25) is 0 Å². The third-order valence-corrected chi connectivity index (χ3v) is 7.89. The Hall–Kier alpha value is -4.61. The Morgan fingerprint density at radius 1 is 1.00 bits per heavy atom. The summed E-state index contributed by atoms with van der Waals surface area (Å²) in [7, 11) is 0. The predicted octanol–water partition coefficient (Wildman–Crippen LogP) is 6.10. The van der Waals surface area contributed by atoms with Crippen LogP contribution in [0.25, 0.3) is 33.2 Å². The summed E-state index contributed by atoms with van der Waals surface area (Å²) in [6.07, 6.45) is 1.40. The SMILES string of the molecule is N#Cc1ccc2c(-c3cc4c(CN5CCC(C6OC(=O)Nc7ccccc76)CC5)cccc4[nH]3)n[nH]c2c1. The average Bonchev–Trinajstić information content (AvgIpc) is 3.57. The van der Waals surface area contributed by atoms with Crippen LogP contribution in [0.1, 0.15) is 35.6 Å². The number of likely N-dealkylation sites (tertiary alicyclic amines) is 1. The molecule has 0 saturated carbocycles. The first-order chi connectivity index (χ1) is 18.7. The van der Waals surface area contributed by atoms with E-state index in [-0.39, 0.29) is 12.2 Å². The Balaban J connectivity index is 1.10. The summed E-state index contributed by atoms with van der Waals surface area (Å²) in [5, 5.41) is 21.8. The number of carbonyl (C=O) groups is 1. The van der Waals surface area contributed by atoms with Crippen LogP contribution in [0.3, 0.4) is 0 Å². The van der Waals surface area contributed by atoms with E-state index in [1.54, 1.807) is 0 Å². The van der Waals surface area contributed by atoms with Gasteiger partial charge in [-0.05, 0) is 67.9 Å². The van der Waals surface area contributed by atoms with E-state index in [2.05, 4.69) is 61.8 Å². The van der Waals surface area contributed by atoms with Crippen LogP contribution >= 0.6 is 0 Å². The van der Waals surface area contributed by atoms with Crippen LogP contribution in [0.15, 0.2) is 66.7 Å². The number of para-hydroxylation sites is 1. The van der Waals surface area contributed by atoms with Crippen molar-refractivity contribution in [3.8, 4) is 17.5 Å². The maximum atomic E-state index is 12.1. The third kappa shape index (κ3) is 3.88. The van der Waals surface area contributed by atoms with Gasteiger partial charge in [0, 0.05) is 34.3 Å². The smallest absolute Gasteiger partial charge is 0.412 e. The van der Waals surface area contributed by atoms with Gasteiger partial charge in [0.1, 0.15) is 11.8 Å². The highest BCUT2D eigenvalue weighted by atomic mass is 16.6. The second-order valence-corrected chi connectivity index (χ2v) is 10.2. The van der Waals surface area contributed by atoms with Gasteiger partial charge in [0.05, 0.1) is 28.5 Å². The van der Waals surface area contributed by atoms with Crippen LogP contribution in [-0.2, 0) is 11.3 Å². The molecule has 1 atom stereocenters. The summed E-state index contributed by atoms with van der Waals surface area (Å²) in [6.45, 7) is 2.76. The number of nitriles is 1. The summed E-state index contributed by atoms with van der Waals surface area (Å²) < 4.78 is 5.75. The van der Waals surface area contributed by atoms with E-state index in [9.17, 15) is 10.1 Å². The number of rotatable bonds is 4. The van der Waals surface area contributed by atoms with E-state index in [0.717, 1.165) is 71.5 Å². The zero-order valence-electron chi connectivity index (χ0n) is 20.7. The summed E-state index contributed by atoms with van der Waals surface area (Å²) in [4.78, 5) is 18.2. The monoisotopic (exact) mass is 502 g/mol. The molecule has 2 aliphatic rings. The molecule has 188 valence electrons. The van der Waals surface area contributed by atoms with E-state index in [1.165, 1.54) is 10.9 Å². The number of benzene rings is 3. The number of piperidine rings is 1. The molecule has 1 saturated heterocycles. The molecule has 1 fully saturated rings. The number of hydrogen-bond acceptors (Lipinski definition) is 5. The van der Waals surface area contributed by atoms with Crippen molar-refractivity contribution in [2.24, 2.45) is 5.92 Å². The fourth-order valence-electron chi connectivity index (χ4n) is 5.96. The van der Waals surface area contributed by atoms with E-state index >= 15 is 0 Å². The van der Waals surface area contributed by atoms with Crippen molar-refractivity contribution in [2.75, 3.05) is 18.4 Å². The molecule has 3 aromatic carbocycles. The van der Waals surface area contributed by atoms with Gasteiger partial charge < -0.3 is 9.72 Å². The van der Waals surface area contributed by atoms with Crippen molar-refractivity contribution >= 4 is 33.6 Å². The zero-order chi connectivity index (χ0) is 25.6. The minimum Gasteiger partial charge on any atom is -0.441 e. The second-order valence-electron chi connectivity index (χ2n) is 10.2. The average molecular weight is 503 g/mol. The Bertz CT molecular complexity index is 1720. The first-order valence-corrected chi connectivity index (χ1v) is 12.9. The van der Waals surface area contributed by atoms with Gasteiger partial charge in [0.15, 0.2) is 0 Å². The first kappa shape index (κ1) is 22.6. The number of nitrogens with zero attached hydrogens (tertiary/aromatic N) is 3. The number of aromatic nitrogens is 3. The van der Waals surface area contributed by atoms with Gasteiger partial charge in [0.25, 0.3) is 0 Å². The fraction of sp³-hybridized carbons (Fsp3) is 0.233. The van der Waals surface area contributed by atoms with Crippen LogP contribution in [-0.4, -0.2) is 39.3 Å². The molecular formula is C30H26N6O2. The quantitative estimate of drug-likeness (QED) is 0.275. The lowest BCUT2D eigenvalue weighted by Crippen LogP contribution is -2.38.